The van der Waals surface area contributed by atoms with Crippen LogP contribution in [0.3, 0.4) is 0 Å². The van der Waals surface area contributed by atoms with Gasteiger partial charge in [-0.25, -0.2) is 9.97 Å². The van der Waals surface area contributed by atoms with Gasteiger partial charge >= 0.3 is 0 Å². The molecule has 0 saturated heterocycles. The van der Waals surface area contributed by atoms with Crippen LogP contribution in [0.4, 0.5) is 5.82 Å². The average molecular weight is 370 g/mol. The summed E-state index contributed by atoms with van der Waals surface area (Å²) in [5.74, 6) is 0.831. The van der Waals surface area contributed by atoms with Crippen molar-refractivity contribution in [3.8, 4) is 10.4 Å². The maximum atomic E-state index is 12.1. The Bertz CT molecular complexity index is 882. The Morgan fingerprint density at radius 3 is 2.65 bits per heavy atom. The van der Waals surface area contributed by atoms with E-state index in [1.165, 1.54) is 0 Å². The van der Waals surface area contributed by atoms with Gasteiger partial charge in [0, 0.05) is 38.5 Å². The molecule has 136 valence electrons. The predicted molar refractivity (Wildman–Crippen MR) is 105 cm³/mol. The number of nitrogens with zero attached hydrogens (tertiary/aromatic N) is 4. The Morgan fingerprint density at radius 1 is 1.15 bits per heavy atom. The molecule has 0 aliphatic rings. The number of fused-ring (bicyclic) bond motifs is 1. The molecule has 2 aromatic heterocycles. The molecular weight excluding hydrogens is 348 g/mol. The smallest absolute Gasteiger partial charge is 0.224 e. The van der Waals surface area contributed by atoms with Crippen molar-refractivity contribution in [3.05, 3.63) is 42.7 Å². The van der Waals surface area contributed by atoms with Crippen LogP contribution in [0.5, 0.6) is 0 Å². The van der Waals surface area contributed by atoms with E-state index in [0.717, 1.165) is 26.5 Å². The first kappa shape index (κ1) is 18.3. The lowest BCUT2D eigenvalue weighted by Crippen LogP contribution is -2.32. The van der Waals surface area contributed by atoms with Crippen molar-refractivity contribution < 1.29 is 9.90 Å². The largest absolute Gasteiger partial charge is 0.395 e. The van der Waals surface area contributed by atoms with E-state index in [1.807, 2.05) is 30.1 Å². The van der Waals surface area contributed by atoms with Gasteiger partial charge < -0.3 is 14.9 Å². The third-order valence-corrected chi connectivity index (χ3v) is 5.34. The van der Waals surface area contributed by atoms with E-state index >= 15 is 0 Å². The van der Waals surface area contributed by atoms with E-state index in [1.54, 1.807) is 29.6 Å². The van der Waals surface area contributed by atoms with Crippen molar-refractivity contribution in [1.82, 2.24) is 14.9 Å². The van der Waals surface area contributed by atoms with E-state index < -0.39 is 0 Å². The number of carbonyl (C=O) groups excluding carboxylic acids is 1. The third-order valence-electron chi connectivity index (χ3n) is 4.25. The number of hydrogen-bond acceptors (Lipinski definition) is 6. The van der Waals surface area contributed by atoms with Crippen molar-refractivity contribution >= 4 is 33.3 Å². The van der Waals surface area contributed by atoms with Gasteiger partial charge in [0.15, 0.2) is 0 Å². The van der Waals surface area contributed by atoms with Gasteiger partial charge in [-0.15, -0.1) is 11.3 Å². The Labute approximate surface area is 156 Å². The van der Waals surface area contributed by atoms with Gasteiger partial charge in [0.05, 0.1) is 12.0 Å². The van der Waals surface area contributed by atoms with Crippen molar-refractivity contribution in [2.45, 2.75) is 6.42 Å². The number of amides is 1. The summed E-state index contributed by atoms with van der Waals surface area (Å²) in [7, 11) is 3.63. The van der Waals surface area contributed by atoms with Crippen LogP contribution in [0, 0.1) is 0 Å². The van der Waals surface area contributed by atoms with Crippen LogP contribution in [-0.4, -0.2) is 59.7 Å². The monoisotopic (exact) mass is 370 g/mol. The zero-order valence-corrected chi connectivity index (χ0v) is 15.7. The molecule has 2 heterocycles. The molecule has 0 bridgehead atoms. The predicted octanol–water partition coefficient (Wildman–Crippen LogP) is 2.64. The zero-order chi connectivity index (χ0) is 18.5. The molecule has 6 nitrogen and oxygen atoms in total. The van der Waals surface area contributed by atoms with E-state index in [-0.39, 0.29) is 12.5 Å². The number of anilines is 1. The second-order valence-corrected chi connectivity index (χ2v) is 7.13. The molecule has 7 heteroatoms. The minimum atomic E-state index is -0.0260. The Kier molecular flexibility index (Phi) is 5.80. The molecule has 3 rings (SSSR count). The number of rotatable bonds is 7. The SMILES string of the molecule is CN(CCO)C(=O)CCN(C)c1ncnc2sc(-c3ccccc3)cc12. The van der Waals surface area contributed by atoms with Gasteiger partial charge in [0.1, 0.15) is 17.0 Å². The van der Waals surface area contributed by atoms with Crippen LogP contribution in [0.2, 0.25) is 0 Å². The van der Waals surface area contributed by atoms with Gasteiger partial charge in [-0.1, -0.05) is 30.3 Å². The summed E-state index contributed by atoms with van der Waals surface area (Å²) in [6.45, 7) is 0.879. The summed E-state index contributed by atoms with van der Waals surface area (Å²) in [6.07, 6.45) is 1.94. The lowest BCUT2D eigenvalue weighted by molar-refractivity contribution is -0.130. The zero-order valence-electron chi connectivity index (χ0n) is 14.9. The van der Waals surface area contributed by atoms with E-state index in [0.29, 0.717) is 19.5 Å². The van der Waals surface area contributed by atoms with Gasteiger partial charge in [0.25, 0.3) is 0 Å². The molecule has 0 spiro atoms. The third kappa shape index (κ3) is 4.00. The standard InChI is InChI=1S/C19H22N4O2S/c1-22(10-11-24)17(25)8-9-23(2)18-15-12-16(14-6-4-3-5-7-14)26-19(15)21-13-20-18/h3-7,12-13,24H,8-11H2,1-2H3. The minimum Gasteiger partial charge on any atom is -0.395 e. The maximum absolute atomic E-state index is 12.1. The quantitative estimate of drug-likeness (QED) is 0.692. The topological polar surface area (TPSA) is 69.6 Å². The lowest BCUT2D eigenvalue weighted by Gasteiger charge is -2.21. The summed E-state index contributed by atoms with van der Waals surface area (Å²) >= 11 is 1.64. The Balaban J connectivity index is 1.79. The summed E-state index contributed by atoms with van der Waals surface area (Å²) in [5.41, 5.74) is 1.16. The Morgan fingerprint density at radius 2 is 1.92 bits per heavy atom. The average Bonchev–Trinajstić information content (AvgIpc) is 3.11. The first-order chi connectivity index (χ1) is 12.6. The van der Waals surface area contributed by atoms with Crippen LogP contribution in [0.15, 0.2) is 42.7 Å². The van der Waals surface area contributed by atoms with E-state index in [2.05, 4.69) is 28.2 Å². The normalized spacial score (nSPS) is 10.9. The minimum absolute atomic E-state index is 0.00601. The molecule has 0 atom stereocenters. The fourth-order valence-electron chi connectivity index (χ4n) is 2.73. The highest BCUT2D eigenvalue weighted by Crippen LogP contribution is 2.35. The first-order valence-electron chi connectivity index (χ1n) is 8.46. The number of aromatic nitrogens is 2. The molecule has 1 amide bonds. The molecule has 0 radical (unpaired) electrons. The van der Waals surface area contributed by atoms with Crippen LogP contribution in [0.25, 0.3) is 20.7 Å². The van der Waals surface area contributed by atoms with Gasteiger partial charge in [-0.3, -0.25) is 4.79 Å². The number of aliphatic hydroxyl groups is 1. The lowest BCUT2D eigenvalue weighted by atomic mass is 10.2. The summed E-state index contributed by atoms with van der Waals surface area (Å²) in [6, 6.07) is 12.3. The van der Waals surface area contributed by atoms with E-state index in [4.69, 9.17) is 5.11 Å². The molecule has 1 aromatic carbocycles. The van der Waals surface area contributed by atoms with Crippen molar-refractivity contribution in [1.29, 1.82) is 0 Å². The molecule has 0 fully saturated rings. The first-order valence-corrected chi connectivity index (χ1v) is 9.27. The number of likely N-dealkylation sites (N-methyl/N-ethyl adjacent to an activating group) is 1. The fraction of sp³-hybridized carbons (Fsp3) is 0.316. The van der Waals surface area contributed by atoms with E-state index in [9.17, 15) is 4.79 Å². The fourth-order valence-corrected chi connectivity index (χ4v) is 3.73. The highest BCUT2D eigenvalue weighted by atomic mass is 32.1. The van der Waals surface area contributed by atoms with Gasteiger partial charge in [0.2, 0.25) is 5.91 Å². The second kappa shape index (κ2) is 8.25. The van der Waals surface area contributed by atoms with Crippen molar-refractivity contribution in [2.24, 2.45) is 0 Å². The molecule has 0 aliphatic heterocycles. The van der Waals surface area contributed by atoms with Gasteiger partial charge in [-0.05, 0) is 11.6 Å². The number of hydrogen-bond donors (Lipinski definition) is 1. The molecule has 26 heavy (non-hydrogen) atoms. The van der Waals surface area contributed by atoms with Gasteiger partial charge in [-0.2, -0.15) is 0 Å². The van der Waals surface area contributed by atoms with Crippen LogP contribution >= 0.6 is 11.3 Å². The number of carbonyl (C=O) groups is 1. The summed E-state index contributed by atoms with van der Waals surface area (Å²) in [4.78, 5) is 26.5. The molecule has 0 aliphatic carbocycles. The van der Waals surface area contributed by atoms with Crippen LogP contribution < -0.4 is 4.90 Å². The summed E-state index contributed by atoms with van der Waals surface area (Å²) < 4.78 is 0. The van der Waals surface area contributed by atoms with Crippen LogP contribution in [-0.2, 0) is 4.79 Å². The number of aliphatic hydroxyl groups excluding tert-OH is 1. The highest BCUT2D eigenvalue weighted by molar-refractivity contribution is 7.21. The Hall–Kier alpha value is -2.51. The number of thiophene rings is 1. The van der Waals surface area contributed by atoms with Crippen molar-refractivity contribution in [2.75, 3.05) is 38.7 Å². The van der Waals surface area contributed by atoms with Crippen molar-refractivity contribution in [3.63, 3.8) is 0 Å². The van der Waals surface area contributed by atoms with Crippen LogP contribution in [0.1, 0.15) is 6.42 Å². The second-order valence-electron chi connectivity index (χ2n) is 6.10. The maximum Gasteiger partial charge on any atom is 0.224 e. The summed E-state index contributed by atoms with van der Waals surface area (Å²) in [5, 5.41) is 9.93. The number of benzene rings is 1. The molecular formula is C19H22N4O2S. The molecule has 0 unspecified atom stereocenters. The molecule has 0 saturated carbocycles. The highest BCUT2D eigenvalue weighted by Gasteiger charge is 2.15. The molecule has 1 N–H and O–H groups in total. The molecule has 3 aromatic rings.